The summed E-state index contributed by atoms with van der Waals surface area (Å²) in [5.74, 6) is -1.33. The molecule has 0 saturated carbocycles. The van der Waals surface area contributed by atoms with Crippen molar-refractivity contribution in [3.8, 4) is 0 Å². The summed E-state index contributed by atoms with van der Waals surface area (Å²) in [5.41, 5.74) is -1.09. The van der Waals surface area contributed by atoms with Gasteiger partial charge in [0.05, 0.1) is 12.8 Å². The molecule has 0 atom stereocenters. The van der Waals surface area contributed by atoms with Crippen LogP contribution in [0, 0.1) is 0 Å². The van der Waals surface area contributed by atoms with Gasteiger partial charge in [-0.15, -0.1) is 11.3 Å². The maximum absolute atomic E-state index is 12.0. The third-order valence-corrected chi connectivity index (χ3v) is 4.23. The average molecular weight is 357 g/mol. The van der Waals surface area contributed by atoms with Gasteiger partial charge in [-0.05, 0) is 34.1 Å². The van der Waals surface area contributed by atoms with Crippen molar-refractivity contribution < 1.29 is 24.2 Å². The molecule has 134 valence electrons. The zero-order valence-electron chi connectivity index (χ0n) is 14.4. The van der Waals surface area contributed by atoms with E-state index in [1.807, 2.05) is 0 Å². The van der Waals surface area contributed by atoms with Crippen LogP contribution in [-0.2, 0) is 19.7 Å². The van der Waals surface area contributed by atoms with E-state index in [1.54, 1.807) is 33.1 Å². The molecule has 1 heterocycles. The Bertz CT molecular complexity index is 624. The Morgan fingerprint density at radius 2 is 1.92 bits per heavy atom. The van der Waals surface area contributed by atoms with Crippen LogP contribution < -0.4 is 10.6 Å². The minimum atomic E-state index is -0.917. The number of hydrogen-bond donors (Lipinski definition) is 3. The Hall–Kier alpha value is -2.16. The lowest BCUT2D eigenvalue weighted by Crippen LogP contribution is -2.45. The number of nitrogens with zero attached hydrogens (tertiary/aromatic N) is 1. The summed E-state index contributed by atoms with van der Waals surface area (Å²) in [6, 6.07) is -0.484. The maximum Gasteiger partial charge on any atom is 0.321 e. The number of amides is 2. The normalized spacial score (nSPS) is 11.7. The van der Waals surface area contributed by atoms with Crippen molar-refractivity contribution in [2.75, 3.05) is 12.4 Å². The minimum absolute atomic E-state index is 0.0397. The summed E-state index contributed by atoms with van der Waals surface area (Å²) in [7, 11) is 1.31. The molecule has 0 unspecified atom stereocenters. The van der Waals surface area contributed by atoms with Gasteiger partial charge in [-0.2, -0.15) is 0 Å². The fourth-order valence-electron chi connectivity index (χ4n) is 1.90. The molecule has 2 amide bonds. The van der Waals surface area contributed by atoms with Gasteiger partial charge in [-0.3, -0.25) is 14.9 Å². The van der Waals surface area contributed by atoms with Crippen LogP contribution in [0.1, 0.15) is 46.2 Å². The Balaban J connectivity index is 2.69. The molecule has 0 aliphatic heterocycles. The van der Waals surface area contributed by atoms with Gasteiger partial charge in [0.2, 0.25) is 0 Å². The number of methoxy groups -OCH3 is 1. The zero-order valence-corrected chi connectivity index (χ0v) is 15.2. The van der Waals surface area contributed by atoms with Crippen molar-refractivity contribution in [2.24, 2.45) is 0 Å². The first kappa shape index (κ1) is 19.9. The summed E-state index contributed by atoms with van der Waals surface area (Å²) in [5, 5.41) is 16.0. The number of aromatic nitrogens is 1. The second-order valence-corrected chi connectivity index (χ2v) is 7.37. The molecule has 0 aromatic carbocycles. The summed E-state index contributed by atoms with van der Waals surface area (Å²) in [4.78, 5) is 38.7. The zero-order chi connectivity index (χ0) is 18.5. The molecule has 24 heavy (non-hydrogen) atoms. The lowest BCUT2D eigenvalue weighted by Gasteiger charge is -2.25. The summed E-state index contributed by atoms with van der Waals surface area (Å²) in [6.45, 7) is 6.85. The number of ether oxygens (including phenoxy) is 1. The minimum Gasteiger partial charge on any atom is -0.481 e. The highest BCUT2D eigenvalue weighted by Gasteiger charge is 2.33. The molecule has 0 aliphatic rings. The molecule has 9 heteroatoms. The first-order valence-corrected chi connectivity index (χ1v) is 8.21. The lowest BCUT2D eigenvalue weighted by molar-refractivity contribution is -0.146. The maximum atomic E-state index is 12.0. The third-order valence-electron chi connectivity index (χ3n) is 3.48. The lowest BCUT2D eigenvalue weighted by atomic mass is 9.90. The monoisotopic (exact) mass is 357 g/mol. The van der Waals surface area contributed by atoms with Crippen molar-refractivity contribution in [1.82, 2.24) is 10.3 Å². The predicted molar refractivity (Wildman–Crippen MR) is 90.3 cm³/mol. The van der Waals surface area contributed by atoms with Gasteiger partial charge in [0.1, 0.15) is 5.41 Å². The molecule has 3 N–H and O–H groups in total. The Morgan fingerprint density at radius 1 is 1.29 bits per heavy atom. The van der Waals surface area contributed by atoms with Gasteiger partial charge in [-0.1, -0.05) is 0 Å². The highest BCUT2D eigenvalue weighted by atomic mass is 32.1. The molecule has 0 bridgehead atoms. The number of carboxylic acids is 1. The van der Waals surface area contributed by atoms with Crippen LogP contribution in [0.2, 0.25) is 0 Å². The van der Waals surface area contributed by atoms with Crippen LogP contribution >= 0.6 is 11.3 Å². The van der Waals surface area contributed by atoms with Gasteiger partial charge >= 0.3 is 18.0 Å². The van der Waals surface area contributed by atoms with Crippen LogP contribution in [0.3, 0.4) is 0 Å². The molecule has 0 aliphatic carbocycles. The van der Waals surface area contributed by atoms with E-state index < -0.39 is 28.9 Å². The van der Waals surface area contributed by atoms with Crippen molar-refractivity contribution in [3.63, 3.8) is 0 Å². The van der Waals surface area contributed by atoms with E-state index in [4.69, 9.17) is 9.84 Å². The van der Waals surface area contributed by atoms with E-state index in [9.17, 15) is 14.4 Å². The highest BCUT2D eigenvalue weighted by Crippen LogP contribution is 2.28. The largest absolute Gasteiger partial charge is 0.481 e. The number of aliphatic carboxylic acids is 1. The summed E-state index contributed by atoms with van der Waals surface area (Å²) >= 11 is 1.19. The molecule has 1 rings (SSSR count). The molecular weight excluding hydrogens is 334 g/mol. The van der Waals surface area contributed by atoms with E-state index in [0.717, 1.165) is 0 Å². The second-order valence-electron chi connectivity index (χ2n) is 6.51. The van der Waals surface area contributed by atoms with E-state index in [1.165, 1.54) is 18.4 Å². The van der Waals surface area contributed by atoms with Crippen LogP contribution in [-0.4, -0.2) is 40.7 Å². The van der Waals surface area contributed by atoms with E-state index in [2.05, 4.69) is 15.6 Å². The first-order valence-electron chi connectivity index (χ1n) is 7.33. The Morgan fingerprint density at radius 3 is 2.46 bits per heavy atom. The molecular formula is C15H23N3O5S. The molecule has 0 saturated heterocycles. The number of carboxylic acid groups (broad SMARTS) is 1. The number of anilines is 1. The predicted octanol–water partition coefficient (Wildman–Crippen LogP) is 2.36. The van der Waals surface area contributed by atoms with Crippen molar-refractivity contribution in [3.05, 3.63) is 11.1 Å². The van der Waals surface area contributed by atoms with Crippen molar-refractivity contribution >= 4 is 34.4 Å². The molecule has 0 fully saturated rings. The number of nitrogens with one attached hydrogen (secondary N) is 2. The fraction of sp³-hybridized carbons (Fsp3) is 0.600. The quantitative estimate of drug-likeness (QED) is 0.645. The fourth-order valence-corrected chi connectivity index (χ4v) is 2.77. The number of hydrogen-bond acceptors (Lipinski definition) is 6. The van der Waals surface area contributed by atoms with Crippen LogP contribution in [0.25, 0.3) is 0 Å². The van der Waals surface area contributed by atoms with Gasteiger partial charge < -0.3 is 15.2 Å². The van der Waals surface area contributed by atoms with Gasteiger partial charge in [0.15, 0.2) is 5.13 Å². The molecule has 8 nitrogen and oxygen atoms in total. The molecule has 0 radical (unpaired) electrons. The highest BCUT2D eigenvalue weighted by molar-refractivity contribution is 7.14. The van der Waals surface area contributed by atoms with Crippen molar-refractivity contribution in [2.45, 2.75) is 51.5 Å². The van der Waals surface area contributed by atoms with E-state index in [-0.39, 0.29) is 6.42 Å². The number of thiazole rings is 1. The Labute approximate surface area is 144 Å². The first-order chi connectivity index (χ1) is 11.0. The smallest absolute Gasteiger partial charge is 0.321 e. The second kappa shape index (κ2) is 7.61. The van der Waals surface area contributed by atoms with Crippen LogP contribution in [0.15, 0.2) is 5.38 Å². The van der Waals surface area contributed by atoms with Gasteiger partial charge in [0, 0.05) is 17.3 Å². The van der Waals surface area contributed by atoms with Gasteiger partial charge in [0.25, 0.3) is 0 Å². The molecule has 1 aromatic rings. The van der Waals surface area contributed by atoms with E-state index >= 15 is 0 Å². The average Bonchev–Trinajstić information content (AvgIpc) is 2.92. The molecule has 1 aromatic heterocycles. The summed E-state index contributed by atoms with van der Waals surface area (Å²) < 4.78 is 4.75. The van der Waals surface area contributed by atoms with Crippen LogP contribution in [0.5, 0.6) is 0 Å². The number of urea groups is 1. The molecule has 0 spiro atoms. The Kier molecular flexibility index (Phi) is 6.30. The van der Waals surface area contributed by atoms with Crippen LogP contribution in [0.4, 0.5) is 9.93 Å². The number of esters is 1. The number of rotatable bonds is 7. The summed E-state index contributed by atoms with van der Waals surface area (Å²) in [6.07, 6.45) is 0.260. The third kappa shape index (κ3) is 5.48. The topological polar surface area (TPSA) is 118 Å². The SMILES string of the molecule is COC(=O)C(C)(C)c1csc(NC(=O)NC(C)(C)CCC(=O)O)n1. The number of carbonyl (C=O) groups is 3. The van der Waals surface area contributed by atoms with Gasteiger partial charge in [-0.25, -0.2) is 9.78 Å². The number of carbonyl (C=O) groups excluding carboxylic acids is 2. The van der Waals surface area contributed by atoms with Crippen molar-refractivity contribution in [1.29, 1.82) is 0 Å². The van der Waals surface area contributed by atoms with E-state index in [0.29, 0.717) is 17.2 Å². The standard InChI is InChI=1S/C15H23N3O5S/c1-14(2,7-6-10(19)20)18-12(22)17-13-16-9(8-24-13)15(3,4)11(21)23-5/h8H,6-7H2,1-5H3,(H,19,20)(H2,16,17,18,22).